The molecule has 1 heterocycles. The van der Waals surface area contributed by atoms with Gasteiger partial charge in [0.2, 0.25) is 0 Å². The highest BCUT2D eigenvalue weighted by Gasteiger charge is 2.34. The van der Waals surface area contributed by atoms with Gasteiger partial charge >= 0.3 is 0 Å². The van der Waals surface area contributed by atoms with E-state index in [9.17, 15) is 9.59 Å². The Morgan fingerprint density at radius 3 is 1.81 bits per heavy atom. The molecule has 0 aromatic heterocycles. The van der Waals surface area contributed by atoms with E-state index >= 15 is 0 Å². The van der Waals surface area contributed by atoms with E-state index in [4.69, 9.17) is 23.8 Å². The molecule has 7 heteroatoms. The number of thiocarbonyl (C=S) groups is 1. The summed E-state index contributed by atoms with van der Waals surface area (Å²) in [5.41, 5.74) is 4.21. The number of benzene rings is 4. The highest BCUT2D eigenvalue weighted by Crippen LogP contribution is 2.34. The summed E-state index contributed by atoms with van der Waals surface area (Å²) >= 11 is 11.2. The van der Waals surface area contributed by atoms with Gasteiger partial charge < -0.3 is 4.90 Å². The fraction of sp³-hybridized carbons (Fsp3) is 0. The number of amides is 2. The van der Waals surface area contributed by atoms with Crippen LogP contribution in [0.4, 0.5) is 22.7 Å². The molecule has 0 unspecified atom stereocenters. The minimum Gasteiger partial charge on any atom is -0.311 e. The Bertz CT molecular complexity index is 1410. The SMILES string of the molecule is O=C1NC(=S)N(c2ccc(Cl)cc2)C(=O)/C1=C\c1ccc(N(c2ccccc2)c2ccccc2)cc1. The molecule has 4 aromatic carbocycles. The first-order valence-electron chi connectivity index (χ1n) is 11.2. The van der Waals surface area contributed by atoms with Crippen molar-refractivity contribution in [2.45, 2.75) is 0 Å². The first-order chi connectivity index (χ1) is 17.5. The molecule has 1 aliphatic rings. The number of carbonyl (C=O) groups excluding carboxylic acids is 2. The number of anilines is 4. The topological polar surface area (TPSA) is 52.7 Å². The molecular formula is C29H20ClN3O2S. The molecule has 0 radical (unpaired) electrons. The van der Waals surface area contributed by atoms with Gasteiger partial charge in [-0.2, -0.15) is 0 Å². The Morgan fingerprint density at radius 1 is 0.722 bits per heavy atom. The fourth-order valence-corrected chi connectivity index (χ4v) is 4.38. The average Bonchev–Trinajstić information content (AvgIpc) is 2.90. The third-order valence-corrected chi connectivity index (χ3v) is 6.21. The van der Waals surface area contributed by atoms with Crippen LogP contribution in [0.5, 0.6) is 0 Å². The van der Waals surface area contributed by atoms with E-state index in [1.54, 1.807) is 30.3 Å². The molecule has 0 saturated carbocycles. The number of para-hydroxylation sites is 2. The Hall–Kier alpha value is -4.26. The van der Waals surface area contributed by atoms with E-state index in [0.717, 1.165) is 17.1 Å². The van der Waals surface area contributed by atoms with Crippen molar-refractivity contribution in [3.05, 3.63) is 125 Å². The molecule has 5 nitrogen and oxygen atoms in total. The minimum atomic E-state index is -0.533. The van der Waals surface area contributed by atoms with Crippen molar-refractivity contribution in [1.29, 1.82) is 0 Å². The van der Waals surface area contributed by atoms with E-state index in [2.05, 4.69) is 10.2 Å². The molecule has 0 aliphatic carbocycles. The molecule has 36 heavy (non-hydrogen) atoms. The first-order valence-corrected chi connectivity index (χ1v) is 12.0. The summed E-state index contributed by atoms with van der Waals surface area (Å²) in [5.74, 6) is -1.03. The normalized spacial score (nSPS) is 14.6. The van der Waals surface area contributed by atoms with Gasteiger partial charge in [-0.05, 0) is 84.5 Å². The number of hydrogen-bond donors (Lipinski definition) is 1. The lowest BCUT2D eigenvalue weighted by atomic mass is 10.1. The average molecular weight is 510 g/mol. The van der Waals surface area contributed by atoms with Crippen LogP contribution in [0.1, 0.15) is 5.56 Å². The third-order valence-electron chi connectivity index (χ3n) is 5.68. The van der Waals surface area contributed by atoms with Crippen molar-refractivity contribution >= 4 is 69.6 Å². The van der Waals surface area contributed by atoms with Crippen LogP contribution in [0.3, 0.4) is 0 Å². The minimum absolute atomic E-state index is 0.00530. The molecule has 0 spiro atoms. The van der Waals surface area contributed by atoms with Crippen LogP contribution in [-0.4, -0.2) is 16.9 Å². The Balaban J connectivity index is 1.47. The molecule has 0 atom stereocenters. The standard InChI is InChI=1S/C29H20ClN3O2S/c30-21-13-17-25(18-14-21)33-28(35)26(27(34)31-29(33)36)19-20-11-15-24(16-12-20)32(22-7-3-1-4-8-22)23-9-5-2-6-10-23/h1-19H,(H,31,34,36)/b26-19-. The summed E-state index contributed by atoms with van der Waals surface area (Å²) in [5, 5.41) is 3.17. The summed E-state index contributed by atoms with van der Waals surface area (Å²) in [6.45, 7) is 0. The van der Waals surface area contributed by atoms with Crippen molar-refractivity contribution in [3.63, 3.8) is 0 Å². The van der Waals surface area contributed by atoms with Crippen LogP contribution >= 0.6 is 23.8 Å². The van der Waals surface area contributed by atoms with Gasteiger partial charge in [-0.15, -0.1) is 0 Å². The molecular weight excluding hydrogens is 490 g/mol. The van der Waals surface area contributed by atoms with Gasteiger partial charge in [0.1, 0.15) is 5.57 Å². The van der Waals surface area contributed by atoms with Gasteiger partial charge in [-0.3, -0.25) is 19.8 Å². The molecule has 1 N–H and O–H groups in total. The van der Waals surface area contributed by atoms with Crippen LogP contribution < -0.4 is 15.1 Å². The monoisotopic (exact) mass is 509 g/mol. The summed E-state index contributed by atoms with van der Waals surface area (Å²) in [7, 11) is 0. The molecule has 1 saturated heterocycles. The summed E-state index contributed by atoms with van der Waals surface area (Å²) < 4.78 is 0. The Kier molecular flexibility index (Phi) is 6.62. The lowest BCUT2D eigenvalue weighted by molar-refractivity contribution is -0.122. The maximum atomic E-state index is 13.2. The number of rotatable bonds is 5. The number of halogens is 1. The van der Waals surface area contributed by atoms with Crippen LogP contribution in [0.25, 0.3) is 6.08 Å². The predicted octanol–water partition coefficient (Wildman–Crippen LogP) is 6.64. The third kappa shape index (κ3) is 4.77. The molecule has 176 valence electrons. The quantitative estimate of drug-likeness (QED) is 0.186. The molecule has 4 aromatic rings. The maximum absolute atomic E-state index is 13.2. The van der Waals surface area contributed by atoms with Crippen molar-refractivity contribution in [3.8, 4) is 0 Å². The van der Waals surface area contributed by atoms with Crippen molar-refractivity contribution in [2.24, 2.45) is 0 Å². The molecule has 1 aliphatic heterocycles. The van der Waals surface area contributed by atoms with E-state index < -0.39 is 11.8 Å². The fourth-order valence-electron chi connectivity index (χ4n) is 3.97. The maximum Gasteiger partial charge on any atom is 0.270 e. The molecule has 5 rings (SSSR count). The van der Waals surface area contributed by atoms with Crippen molar-refractivity contribution in [1.82, 2.24) is 5.32 Å². The largest absolute Gasteiger partial charge is 0.311 e. The molecule has 2 amide bonds. The number of carbonyl (C=O) groups is 2. The number of nitrogens with zero attached hydrogens (tertiary/aromatic N) is 2. The highest BCUT2D eigenvalue weighted by molar-refractivity contribution is 7.80. The van der Waals surface area contributed by atoms with E-state index in [-0.39, 0.29) is 10.7 Å². The van der Waals surface area contributed by atoms with Gasteiger partial charge in [0.25, 0.3) is 11.8 Å². The Labute approximate surface area is 219 Å². The molecule has 0 bridgehead atoms. The van der Waals surface area contributed by atoms with Gasteiger partial charge in [0.05, 0.1) is 5.69 Å². The van der Waals surface area contributed by atoms with E-state index in [0.29, 0.717) is 16.3 Å². The molecule has 1 fully saturated rings. The van der Waals surface area contributed by atoms with E-state index in [1.165, 1.54) is 4.90 Å². The number of hydrogen-bond acceptors (Lipinski definition) is 4. The van der Waals surface area contributed by atoms with Crippen molar-refractivity contribution in [2.75, 3.05) is 9.80 Å². The zero-order valence-corrected chi connectivity index (χ0v) is 20.5. The Morgan fingerprint density at radius 2 is 1.25 bits per heavy atom. The van der Waals surface area contributed by atoms with Gasteiger partial charge in [-0.25, -0.2) is 0 Å². The van der Waals surface area contributed by atoms with Crippen LogP contribution in [0.15, 0.2) is 115 Å². The van der Waals surface area contributed by atoms with E-state index in [1.807, 2.05) is 84.9 Å². The second-order valence-corrected chi connectivity index (χ2v) is 8.86. The highest BCUT2D eigenvalue weighted by atomic mass is 35.5. The van der Waals surface area contributed by atoms with Gasteiger partial charge in [0.15, 0.2) is 5.11 Å². The zero-order chi connectivity index (χ0) is 25.1. The lowest BCUT2D eigenvalue weighted by Gasteiger charge is -2.29. The van der Waals surface area contributed by atoms with Crippen LogP contribution in [-0.2, 0) is 9.59 Å². The smallest absolute Gasteiger partial charge is 0.270 e. The van der Waals surface area contributed by atoms with Crippen molar-refractivity contribution < 1.29 is 9.59 Å². The van der Waals surface area contributed by atoms with Crippen LogP contribution in [0.2, 0.25) is 5.02 Å². The second kappa shape index (κ2) is 10.2. The first kappa shape index (κ1) is 23.5. The second-order valence-electron chi connectivity index (χ2n) is 8.03. The predicted molar refractivity (Wildman–Crippen MR) is 149 cm³/mol. The van der Waals surface area contributed by atoms with Gasteiger partial charge in [0, 0.05) is 22.1 Å². The number of nitrogens with one attached hydrogen (secondary N) is 1. The van der Waals surface area contributed by atoms with Crippen LogP contribution in [0, 0.1) is 0 Å². The summed E-state index contributed by atoms with van der Waals surface area (Å²) in [6, 6.07) is 34.5. The van der Waals surface area contributed by atoms with Gasteiger partial charge in [-0.1, -0.05) is 60.1 Å². The summed E-state index contributed by atoms with van der Waals surface area (Å²) in [4.78, 5) is 29.3. The summed E-state index contributed by atoms with van der Waals surface area (Å²) in [6.07, 6.45) is 1.57. The lowest BCUT2D eigenvalue weighted by Crippen LogP contribution is -2.54. The zero-order valence-electron chi connectivity index (χ0n) is 19.0.